The zero-order valence-corrected chi connectivity index (χ0v) is 16.0. The number of nitrogens with one attached hydrogen (secondary N) is 2. The highest BCUT2D eigenvalue weighted by Crippen LogP contribution is 2.65. The monoisotopic (exact) mass is 336 g/mol. The third-order valence-electron chi connectivity index (χ3n) is 6.71. The second kappa shape index (κ2) is 6.29. The van der Waals surface area contributed by atoms with Crippen LogP contribution in [0.25, 0.3) is 0 Å². The Kier molecular flexibility index (Phi) is 4.78. The average Bonchev–Trinajstić information content (AvgIpc) is 2.83. The Morgan fingerprint density at radius 1 is 1.29 bits per heavy atom. The molecule has 5 atom stereocenters. The number of likely N-dealkylation sites (N-methyl/N-ethyl adjacent to an activating group) is 1. The Labute approximate surface area is 146 Å². The van der Waals surface area contributed by atoms with Gasteiger partial charge in [-0.25, -0.2) is 0 Å². The SMILES string of the molecule is CNCC(=O)N[C@@H](CC(C)C)B1O[C@@H]2C[C@@H]3C[C@@H](C3(C)C)[C@]2(C)O1. The maximum atomic E-state index is 12.1. The van der Waals surface area contributed by atoms with Crippen LogP contribution in [0, 0.1) is 23.2 Å². The van der Waals surface area contributed by atoms with Crippen molar-refractivity contribution in [3.8, 4) is 0 Å². The second-order valence-electron chi connectivity index (χ2n) is 9.17. The van der Waals surface area contributed by atoms with Gasteiger partial charge in [-0.2, -0.15) is 0 Å². The molecule has 0 aromatic rings. The summed E-state index contributed by atoms with van der Waals surface area (Å²) in [6, 6.07) is 0. The van der Waals surface area contributed by atoms with E-state index in [-0.39, 0.29) is 30.7 Å². The van der Waals surface area contributed by atoms with Gasteiger partial charge in [-0.1, -0.05) is 27.7 Å². The van der Waals surface area contributed by atoms with Gasteiger partial charge in [-0.05, 0) is 56.4 Å². The summed E-state index contributed by atoms with van der Waals surface area (Å²) in [5.41, 5.74) is 0.123. The van der Waals surface area contributed by atoms with E-state index in [1.165, 1.54) is 6.42 Å². The van der Waals surface area contributed by atoms with E-state index in [4.69, 9.17) is 9.31 Å². The second-order valence-corrected chi connectivity index (χ2v) is 9.17. The summed E-state index contributed by atoms with van der Waals surface area (Å²) in [6.45, 7) is 11.6. The number of carbonyl (C=O) groups excluding carboxylic acids is 1. The largest absolute Gasteiger partial charge is 0.481 e. The molecule has 0 spiro atoms. The first-order chi connectivity index (χ1) is 11.2. The Morgan fingerprint density at radius 3 is 2.58 bits per heavy atom. The molecule has 2 bridgehead atoms. The van der Waals surface area contributed by atoms with Gasteiger partial charge in [-0.3, -0.25) is 4.79 Å². The van der Waals surface area contributed by atoms with Crippen LogP contribution in [0.5, 0.6) is 0 Å². The first-order valence-corrected chi connectivity index (χ1v) is 9.45. The zero-order valence-electron chi connectivity index (χ0n) is 16.0. The molecule has 0 unspecified atom stereocenters. The van der Waals surface area contributed by atoms with Gasteiger partial charge in [0.05, 0.1) is 24.2 Å². The lowest BCUT2D eigenvalue weighted by atomic mass is 9.43. The van der Waals surface area contributed by atoms with Crippen molar-refractivity contribution in [3.63, 3.8) is 0 Å². The standard InChI is InChI=1S/C18H33BN2O3/c1-11(2)7-15(21-16(22)10-20-6)19-23-14-9-12-8-13(17(12,3)4)18(14,5)24-19/h11-15,20H,7-10H2,1-6H3,(H,21,22)/t12-,13-,14+,15-,18-/m0/s1. The van der Waals surface area contributed by atoms with Crippen molar-refractivity contribution in [1.29, 1.82) is 0 Å². The molecule has 3 aliphatic carbocycles. The maximum Gasteiger partial charge on any atom is 0.481 e. The third-order valence-corrected chi connectivity index (χ3v) is 6.71. The van der Waals surface area contributed by atoms with E-state index >= 15 is 0 Å². The average molecular weight is 336 g/mol. The van der Waals surface area contributed by atoms with Gasteiger partial charge in [0.2, 0.25) is 5.91 Å². The van der Waals surface area contributed by atoms with Crippen LogP contribution in [0.4, 0.5) is 0 Å². The fraction of sp³-hybridized carbons (Fsp3) is 0.944. The smallest absolute Gasteiger partial charge is 0.404 e. The molecule has 3 saturated carbocycles. The van der Waals surface area contributed by atoms with E-state index < -0.39 is 0 Å². The fourth-order valence-corrected chi connectivity index (χ4v) is 5.24. The molecule has 0 radical (unpaired) electrons. The van der Waals surface area contributed by atoms with Crippen LogP contribution >= 0.6 is 0 Å². The van der Waals surface area contributed by atoms with Crippen LogP contribution in [-0.2, 0) is 14.1 Å². The molecule has 1 amide bonds. The third kappa shape index (κ3) is 2.91. The molecular weight excluding hydrogens is 303 g/mol. The topological polar surface area (TPSA) is 59.6 Å². The predicted octanol–water partition coefficient (Wildman–Crippen LogP) is 2.00. The lowest BCUT2D eigenvalue weighted by Gasteiger charge is -2.64. The predicted molar refractivity (Wildman–Crippen MR) is 95.4 cm³/mol. The van der Waals surface area contributed by atoms with Crippen LogP contribution in [0.3, 0.4) is 0 Å². The van der Waals surface area contributed by atoms with Gasteiger partial charge in [-0.15, -0.1) is 0 Å². The molecule has 5 nitrogen and oxygen atoms in total. The molecule has 2 N–H and O–H groups in total. The van der Waals surface area contributed by atoms with E-state index in [2.05, 4.69) is 45.3 Å². The van der Waals surface area contributed by atoms with E-state index in [9.17, 15) is 4.79 Å². The molecule has 0 aromatic carbocycles. The lowest BCUT2D eigenvalue weighted by Crippen LogP contribution is -2.65. The van der Waals surface area contributed by atoms with Crippen molar-refractivity contribution in [2.75, 3.05) is 13.6 Å². The van der Waals surface area contributed by atoms with Crippen LogP contribution < -0.4 is 10.6 Å². The highest BCUT2D eigenvalue weighted by Gasteiger charge is 2.68. The number of hydrogen-bond donors (Lipinski definition) is 2. The summed E-state index contributed by atoms with van der Waals surface area (Å²) < 4.78 is 12.9. The molecule has 1 saturated heterocycles. The normalized spacial score (nSPS) is 37.8. The summed E-state index contributed by atoms with van der Waals surface area (Å²) in [6.07, 6.45) is 3.35. The number of rotatable bonds is 6. The van der Waals surface area contributed by atoms with Crippen molar-refractivity contribution < 1.29 is 14.1 Å². The Bertz CT molecular complexity index is 499. The van der Waals surface area contributed by atoms with E-state index in [1.54, 1.807) is 7.05 Å². The minimum absolute atomic E-state index is 0.00000308. The first-order valence-electron chi connectivity index (χ1n) is 9.45. The number of amides is 1. The van der Waals surface area contributed by atoms with E-state index in [1.807, 2.05) is 0 Å². The molecule has 0 aromatic heterocycles. The Balaban J connectivity index is 1.73. The molecule has 24 heavy (non-hydrogen) atoms. The van der Waals surface area contributed by atoms with Crippen molar-refractivity contribution in [2.45, 2.75) is 71.5 Å². The molecule has 4 rings (SSSR count). The summed E-state index contributed by atoms with van der Waals surface area (Å²) in [5, 5.41) is 6.02. The van der Waals surface area contributed by atoms with Crippen molar-refractivity contribution >= 4 is 13.0 Å². The van der Waals surface area contributed by atoms with Crippen molar-refractivity contribution in [3.05, 3.63) is 0 Å². The highest BCUT2D eigenvalue weighted by atomic mass is 16.7. The molecule has 1 aliphatic heterocycles. The molecule has 6 heteroatoms. The lowest BCUT2D eigenvalue weighted by molar-refractivity contribution is -0.199. The van der Waals surface area contributed by atoms with Gasteiger partial charge in [0.1, 0.15) is 0 Å². The van der Waals surface area contributed by atoms with Crippen LogP contribution in [0.15, 0.2) is 0 Å². The minimum Gasteiger partial charge on any atom is -0.404 e. The van der Waals surface area contributed by atoms with Gasteiger partial charge in [0, 0.05) is 0 Å². The number of hydrogen-bond acceptors (Lipinski definition) is 4. The molecule has 136 valence electrons. The van der Waals surface area contributed by atoms with Crippen LogP contribution in [0.1, 0.15) is 53.9 Å². The van der Waals surface area contributed by atoms with Crippen LogP contribution in [0.2, 0.25) is 0 Å². The number of carbonyl (C=O) groups is 1. The summed E-state index contributed by atoms with van der Waals surface area (Å²) in [7, 11) is 1.45. The van der Waals surface area contributed by atoms with Gasteiger partial charge in [0.25, 0.3) is 0 Å². The first kappa shape index (κ1) is 18.2. The molecule has 4 aliphatic rings. The van der Waals surface area contributed by atoms with Gasteiger partial charge in [0.15, 0.2) is 0 Å². The van der Waals surface area contributed by atoms with Gasteiger partial charge >= 0.3 is 7.12 Å². The van der Waals surface area contributed by atoms with Gasteiger partial charge < -0.3 is 19.9 Å². The van der Waals surface area contributed by atoms with E-state index in [0.29, 0.717) is 23.8 Å². The van der Waals surface area contributed by atoms with Crippen molar-refractivity contribution in [2.24, 2.45) is 23.2 Å². The summed E-state index contributed by atoms with van der Waals surface area (Å²) in [5.74, 6) is 1.67. The quantitative estimate of drug-likeness (QED) is 0.729. The van der Waals surface area contributed by atoms with Crippen molar-refractivity contribution in [1.82, 2.24) is 10.6 Å². The molecule has 1 heterocycles. The maximum absolute atomic E-state index is 12.1. The fourth-order valence-electron chi connectivity index (χ4n) is 5.24. The van der Waals surface area contributed by atoms with Crippen LogP contribution in [-0.4, -0.2) is 44.3 Å². The molecular formula is C18H33BN2O3. The summed E-state index contributed by atoms with van der Waals surface area (Å²) >= 11 is 0. The summed E-state index contributed by atoms with van der Waals surface area (Å²) in [4.78, 5) is 12.1. The Hall–Kier alpha value is -0.585. The zero-order chi connectivity index (χ0) is 17.7. The highest BCUT2D eigenvalue weighted by molar-refractivity contribution is 6.47. The minimum atomic E-state index is -0.335. The van der Waals surface area contributed by atoms with E-state index in [0.717, 1.165) is 18.8 Å². The Morgan fingerprint density at radius 2 is 2.00 bits per heavy atom. The molecule has 4 fully saturated rings.